The lowest BCUT2D eigenvalue weighted by Crippen LogP contribution is -2.54. The Balaban J connectivity index is 1.36. The largest absolute Gasteiger partial charge is 0.465 e. The molecule has 2 aromatic carbocycles. The van der Waals surface area contributed by atoms with E-state index in [2.05, 4.69) is 9.97 Å². The summed E-state index contributed by atoms with van der Waals surface area (Å²) in [7, 11) is -1.92. The lowest BCUT2D eigenvalue weighted by Gasteiger charge is -2.45. The van der Waals surface area contributed by atoms with E-state index in [9.17, 15) is 18.3 Å². The number of aromatic nitrogens is 3. The van der Waals surface area contributed by atoms with Crippen LogP contribution in [-0.2, 0) is 16.6 Å². The second-order valence-corrected chi connectivity index (χ2v) is 11.0. The van der Waals surface area contributed by atoms with Crippen molar-refractivity contribution < 1.29 is 18.3 Å². The molecule has 1 amide bonds. The molecule has 1 N–H and O–H groups in total. The van der Waals surface area contributed by atoms with Crippen LogP contribution in [0.3, 0.4) is 0 Å². The van der Waals surface area contributed by atoms with Crippen molar-refractivity contribution in [3.8, 4) is 0 Å². The van der Waals surface area contributed by atoms with Crippen LogP contribution in [0.4, 0.5) is 10.6 Å². The number of amides is 1. The zero-order valence-corrected chi connectivity index (χ0v) is 20.8. The summed E-state index contributed by atoms with van der Waals surface area (Å²) in [5, 5.41) is 10.4. The van der Waals surface area contributed by atoms with Gasteiger partial charge in [-0.3, -0.25) is 0 Å². The van der Waals surface area contributed by atoms with Gasteiger partial charge in [-0.15, -0.1) is 0 Å². The monoisotopic (exact) mass is 505 g/mol. The van der Waals surface area contributed by atoms with E-state index in [4.69, 9.17) is 0 Å². The highest BCUT2D eigenvalue weighted by atomic mass is 32.2. The standard InChI is InChI=1S/C26H27N5O4S/c1-18-8-10-22(11-9-18)36(34,35)31-13-12-23-24(27-17-28-25(23)31)29(2)20-14-21(15-20)30(26(32)33)16-19-6-4-3-5-7-19/h3-13,17,20-21H,14-16H2,1-2H3,(H,32,33). The summed E-state index contributed by atoms with van der Waals surface area (Å²) in [5.74, 6) is 0.617. The molecule has 10 heteroatoms. The maximum atomic E-state index is 13.3. The molecule has 2 heterocycles. The van der Waals surface area contributed by atoms with Gasteiger partial charge in [0.15, 0.2) is 5.65 Å². The molecule has 9 nitrogen and oxygen atoms in total. The van der Waals surface area contributed by atoms with E-state index < -0.39 is 16.1 Å². The molecule has 0 aliphatic heterocycles. The fourth-order valence-corrected chi connectivity index (χ4v) is 5.95. The number of aryl methyl sites for hydroxylation is 1. The van der Waals surface area contributed by atoms with Crippen LogP contribution in [0.5, 0.6) is 0 Å². The van der Waals surface area contributed by atoms with Gasteiger partial charge in [0, 0.05) is 31.9 Å². The van der Waals surface area contributed by atoms with Crippen LogP contribution >= 0.6 is 0 Å². The molecular weight excluding hydrogens is 478 g/mol. The molecule has 0 bridgehead atoms. The Morgan fingerprint density at radius 1 is 1.03 bits per heavy atom. The van der Waals surface area contributed by atoms with Gasteiger partial charge in [0.05, 0.1) is 10.3 Å². The first-order valence-corrected chi connectivity index (χ1v) is 13.1. The van der Waals surface area contributed by atoms with Crippen LogP contribution in [0, 0.1) is 6.92 Å². The third-order valence-corrected chi connectivity index (χ3v) is 8.54. The van der Waals surface area contributed by atoms with Gasteiger partial charge < -0.3 is 14.9 Å². The number of nitrogens with zero attached hydrogens (tertiary/aromatic N) is 5. The fraction of sp³-hybridized carbons (Fsp3) is 0.269. The van der Waals surface area contributed by atoms with Crippen LogP contribution in [0.1, 0.15) is 24.0 Å². The summed E-state index contributed by atoms with van der Waals surface area (Å²) in [6.45, 7) is 2.24. The third-order valence-electron chi connectivity index (χ3n) is 6.86. The highest BCUT2D eigenvalue weighted by Gasteiger charge is 2.39. The summed E-state index contributed by atoms with van der Waals surface area (Å²) in [6, 6.07) is 17.9. The second kappa shape index (κ2) is 9.27. The van der Waals surface area contributed by atoms with Crippen molar-refractivity contribution in [2.45, 2.75) is 43.3 Å². The quantitative estimate of drug-likeness (QED) is 0.402. The van der Waals surface area contributed by atoms with Crippen LogP contribution in [0.25, 0.3) is 11.0 Å². The number of hydrogen-bond donors (Lipinski definition) is 1. The molecule has 0 saturated heterocycles. The van der Waals surface area contributed by atoms with Gasteiger partial charge in [-0.1, -0.05) is 48.0 Å². The topological polar surface area (TPSA) is 109 Å². The molecule has 5 rings (SSSR count). The Labute approximate surface area is 209 Å². The summed E-state index contributed by atoms with van der Waals surface area (Å²) in [6.07, 6.45) is 3.24. The van der Waals surface area contributed by atoms with Crippen molar-refractivity contribution in [1.82, 2.24) is 18.8 Å². The van der Waals surface area contributed by atoms with Gasteiger partial charge in [-0.2, -0.15) is 0 Å². The van der Waals surface area contributed by atoms with E-state index in [1.165, 1.54) is 21.4 Å². The zero-order chi connectivity index (χ0) is 25.4. The smallest absolute Gasteiger partial charge is 0.407 e. The van der Waals surface area contributed by atoms with Crippen molar-refractivity contribution in [3.05, 3.63) is 84.3 Å². The Kier molecular flexibility index (Phi) is 6.13. The summed E-state index contributed by atoms with van der Waals surface area (Å²) >= 11 is 0. The van der Waals surface area contributed by atoms with Crippen molar-refractivity contribution in [2.75, 3.05) is 11.9 Å². The molecule has 186 valence electrons. The summed E-state index contributed by atoms with van der Waals surface area (Å²) in [5.41, 5.74) is 2.23. The molecular formula is C26H27N5O4S. The van der Waals surface area contributed by atoms with Crippen molar-refractivity contribution in [3.63, 3.8) is 0 Å². The van der Waals surface area contributed by atoms with Crippen LogP contribution < -0.4 is 4.90 Å². The van der Waals surface area contributed by atoms with Crippen LogP contribution in [-0.4, -0.2) is 57.6 Å². The van der Waals surface area contributed by atoms with E-state index in [1.54, 1.807) is 30.3 Å². The van der Waals surface area contributed by atoms with Gasteiger partial charge in [-0.25, -0.2) is 27.2 Å². The van der Waals surface area contributed by atoms with Crippen molar-refractivity contribution in [2.24, 2.45) is 0 Å². The predicted octanol–water partition coefficient (Wildman–Crippen LogP) is 4.12. The molecule has 0 radical (unpaired) electrons. The Morgan fingerprint density at radius 2 is 1.72 bits per heavy atom. The second-order valence-electron chi connectivity index (χ2n) is 9.15. The van der Waals surface area contributed by atoms with Gasteiger partial charge in [0.25, 0.3) is 10.0 Å². The molecule has 1 fully saturated rings. The number of carboxylic acid groups (broad SMARTS) is 1. The molecule has 0 spiro atoms. The molecule has 0 unspecified atom stereocenters. The number of rotatable bonds is 7. The molecule has 1 aliphatic carbocycles. The predicted molar refractivity (Wildman–Crippen MR) is 137 cm³/mol. The third kappa shape index (κ3) is 4.28. The van der Waals surface area contributed by atoms with E-state index >= 15 is 0 Å². The number of anilines is 1. The van der Waals surface area contributed by atoms with Gasteiger partial charge in [0.1, 0.15) is 12.1 Å². The van der Waals surface area contributed by atoms with E-state index in [0.29, 0.717) is 36.2 Å². The minimum Gasteiger partial charge on any atom is -0.465 e. The lowest BCUT2D eigenvalue weighted by atomic mass is 9.84. The fourth-order valence-electron chi connectivity index (χ4n) is 4.65. The molecule has 2 aromatic heterocycles. The Morgan fingerprint density at radius 3 is 2.39 bits per heavy atom. The van der Waals surface area contributed by atoms with Crippen LogP contribution in [0.2, 0.25) is 0 Å². The number of fused-ring (bicyclic) bond motifs is 1. The van der Waals surface area contributed by atoms with E-state index in [-0.39, 0.29) is 17.0 Å². The highest BCUT2D eigenvalue weighted by Crippen LogP contribution is 2.35. The molecule has 4 aromatic rings. The summed E-state index contributed by atoms with van der Waals surface area (Å²) in [4.78, 5) is 24.3. The van der Waals surface area contributed by atoms with Gasteiger partial charge in [0.2, 0.25) is 0 Å². The molecule has 1 saturated carbocycles. The number of benzene rings is 2. The van der Waals surface area contributed by atoms with Crippen LogP contribution in [0.15, 0.2) is 78.1 Å². The number of carbonyl (C=O) groups is 1. The first-order valence-electron chi connectivity index (χ1n) is 11.7. The Bertz CT molecular complexity index is 1500. The van der Waals surface area contributed by atoms with Gasteiger partial charge >= 0.3 is 6.09 Å². The van der Waals surface area contributed by atoms with Crippen molar-refractivity contribution in [1.29, 1.82) is 0 Å². The minimum absolute atomic E-state index is 0.0720. The average Bonchev–Trinajstić information content (AvgIpc) is 3.28. The molecule has 0 atom stereocenters. The normalized spacial score (nSPS) is 17.5. The molecule has 36 heavy (non-hydrogen) atoms. The zero-order valence-electron chi connectivity index (χ0n) is 20.0. The SMILES string of the molecule is Cc1ccc(S(=O)(=O)n2ccc3c(N(C)C4CC(N(Cc5ccccc5)C(=O)O)C4)ncnc32)cc1. The minimum atomic E-state index is -3.82. The maximum absolute atomic E-state index is 13.3. The number of hydrogen-bond acceptors (Lipinski definition) is 6. The van der Waals surface area contributed by atoms with E-state index in [0.717, 1.165) is 11.1 Å². The van der Waals surface area contributed by atoms with Crippen molar-refractivity contribution >= 4 is 33.0 Å². The first kappa shape index (κ1) is 23.8. The highest BCUT2D eigenvalue weighted by molar-refractivity contribution is 7.90. The Hall–Kier alpha value is -3.92. The maximum Gasteiger partial charge on any atom is 0.407 e. The molecule has 1 aliphatic rings. The summed E-state index contributed by atoms with van der Waals surface area (Å²) < 4.78 is 27.7. The van der Waals surface area contributed by atoms with Gasteiger partial charge in [-0.05, 0) is 43.5 Å². The lowest BCUT2D eigenvalue weighted by molar-refractivity contribution is 0.0834. The first-order chi connectivity index (χ1) is 17.3. The average molecular weight is 506 g/mol. The van der Waals surface area contributed by atoms with E-state index in [1.807, 2.05) is 49.2 Å².